The van der Waals surface area contributed by atoms with Gasteiger partial charge >= 0.3 is 12.1 Å². The molecule has 3 rings (SSSR count). The Kier molecular flexibility index (Phi) is 8.28. The monoisotopic (exact) mass is 539 g/mol. The number of rotatable bonds is 7. The van der Waals surface area contributed by atoms with Crippen LogP contribution >= 0.6 is 0 Å². The second-order valence-corrected chi connectivity index (χ2v) is 8.17. The first-order chi connectivity index (χ1) is 17.7. The van der Waals surface area contributed by atoms with E-state index in [2.05, 4.69) is 21.9 Å². The zero-order chi connectivity index (χ0) is 28.1. The second-order valence-electron chi connectivity index (χ2n) is 8.17. The van der Waals surface area contributed by atoms with Crippen LogP contribution in [0.2, 0.25) is 0 Å². The van der Waals surface area contributed by atoms with Gasteiger partial charge in [0, 0.05) is 29.0 Å². The third kappa shape index (κ3) is 6.58. The van der Waals surface area contributed by atoms with Crippen molar-refractivity contribution in [3.05, 3.63) is 100 Å². The van der Waals surface area contributed by atoms with Crippen molar-refractivity contribution in [3.8, 4) is 11.8 Å². The number of benzene rings is 2. The molecule has 2 aromatic carbocycles. The molecule has 0 saturated heterocycles. The van der Waals surface area contributed by atoms with Crippen LogP contribution in [0, 0.1) is 23.5 Å². The van der Waals surface area contributed by atoms with Crippen molar-refractivity contribution in [1.82, 2.24) is 9.99 Å². The fourth-order valence-electron chi connectivity index (χ4n) is 3.52. The van der Waals surface area contributed by atoms with Crippen LogP contribution in [0.1, 0.15) is 27.9 Å². The van der Waals surface area contributed by atoms with Crippen molar-refractivity contribution in [2.45, 2.75) is 24.1 Å². The predicted molar refractivity (Wildman–Crippen MR) is 124 cm³/mol. The van der Waals surface area contributed by atoms with Gasteiger partial charge in [-0.05, 0) is 42.0 Å². The molecule has 0 spiro atoms. The topological polar surface area (TPSA) is 101 Å². The Morgan fingerprint density at radius 3 is 2.13 bits per heavy atom. The SMILES string of the molecule is N/N=C\N(N)CC(O)(c1ccc(F)cc1F)C(F)(F)c1ccc(C#Cc2ccc(CC(F)(F)F)cc2)cn1. The lowest BCUT2D eigenvalue weighted by atomic mass is 9.84. The zero-order valence-corrected chi connectivity index (χ0v) is 19.4. The average molecular weight is 539 g/mol. The van der Waals surface area contributed by atoms with E-state index in [4.69, 9.17) is 11.7 Å². The molecule has 0 bridgehead atoms. The molecule has 0 aliphatic rings. The molecule has 1 unspecified atom stereocenters. The highest BCUT2D eigenvalue weighted by Gasteiger charge is 2.58. The molecule has 0 aliphatic heterocycles. The molecule has 0 saturated carbocycles. The number of nitrogens with zero attached hydrogens (tertiary/aromatic N) is 3. The molecule has 0 fully saturated rings. The van der Waals surface area contributed by atoms with E-state index in [9.17, 15) is 27.1 Å². The highest BCUT2D eigenvalue weighted by Crippen LogP contribution is 2.45. The van der Waals surface area contributed by atoms with Gasteiger partial charge in [-0.3, -0.25) is 9.99 Å². The van der Waals surface area contributed by atoms with Crippen molar-refractivity contribution in [1.29, 1.82) is 0 Å². The minimum atomic E-state index is -4.35. The fraction of sp³-hybridized carbons (Fsp3) is 0.200. The number of hydrogen-bond donors (Lipinski definition) is 3. The van der Waals surface area contributed by atoms with E-state index < -0.39 is 53.6 Å². The molecule has 200 valence electrons. The van der Waals surface area contributed by atoms with Gasteiger partial charge in [-0.1, -0.05) is 24.0 Å². The largest absolute Gasteiger partial charge is 0.393 e. The van der Waals surface area contributed by atoms with E-state index in [1.54, 1.807) is 0 Å². The minimum absolute atomic E-state index is 0.0511. The molecule has 1 atom stereocenters. The van der Waals surface area contributed by atoms with Gasteiger partial charge in [-0.2, -0.15) is 27.1 Å². The van der Waals surface area contributed by atoms with E-state index in [1.165, 1.54) is 24.3 Å². The van der Waals surface area contributed by atoms with Crippen molar-refractivity contribution in [2.24, 2.45) is 16.8 Å². The van der Waals surface area contributed by atoms with Crippen LogP contribution in [0.5, 0.6) is 0 Å². The Labute approximate surface area is 212 Å². The summed E-state index contributed by atoms with van der Waals surface area (Å²) in [5, 5.41) is 14.6. The van der Waals surface area contributed by atoms with Crippen LogP contribution < -0.4 is 11.7 Å². The fourth-order valence-corrected chi connectivity index (χ4v) is 3.52. The molecule has 0 aliphatic carbocycles. The lowest BCUT2D eigenvalue weighted by Gasteiger charge is -2.37. The number of aliphatic hydroxyl groups is 1. The quantitative estimate of drug-likeness (QED) is 0.106. The van der Waals surface area contributed by atoms with Crippen LogP contribution in [0.4, 0.5) is 30.7 Å². The Bertz CT molecular complexity index is 1350. The normalized spacial score (nSPS) is 13.6. The predicted octanol–water partition coefficient (Wildman–Crippen LogP) is 3.92. The molecule has 0 radical (unpaired) electrons. The number of halogens is 7. The molecule has 5 N–H and O–H groups in total. The van der Waals surface area contributed by atoms with Gasteiger partial charge in [-0.25, -0.2) is 14.6 Å². The Balaban J connectivity index is 1.91. The van der Waals surface area contributed by atoms with Crippen LogP contribution in [0.25, 0.3) is 0 Å². The number of nitrogens with two attached hydrogens (primary N) is 2. The molecule has 13 heteroatoms. The molecule has 38 heavy (non-hydrogen) atoms. The summed E-state index contributed by atoms with van der Waals surface area (Å²) in [5.74, 6) is 9.04. The molecule has 1 heterocycles. The molecule has 1 aromatic heterocycles. The first kappa shape index (κ1) is 28.4. The van der Waals surface area contributed by atoms with Crippen LogP contribution in [0.15, 0.2) is 65.9 Å². The first-order valence-electron chi connectivity index (χ1n) is 10.7. The summed E-state index contributed by atoms with van der Waals surface area (Å²) in [6, 6.07) is 8.98. The third-order valence-electron chi connectivity index (χ3n) is 5.32. The van der Waals surface area contributed by atoms with E-state index in [0.717, 1.165) is 18.3 Å². The van der Waals surface area contributed by atoms with Gasteiger partial charge < -0.3 is 10.9 Å². The Morgan fingerprint density at radius 2 is 1.58 bits per heavy atom. The zero-order valence-electron chi connectivity index (χ0n) is 19.4. The van der Waals surface area contributed by atoms with Crippen molar-refractivity contribution in [2.75, 3.05) is 6.54 Å². The number of hydrazone groups is 1. The number of alkyl halides is 5. The van der Waals surface area contributed by atoms with E-state index >= 15 is 8.78 Å². The Morgan fingerprint density at radius 1 is 0.947 bits per heavy atom. The van der Waals surface area contributed by atoms with Crippen LogP contribution in [0.3, 0.4) is 0 Å². The average Bonchev–Trinajstić information content (AvgIpc) is 2.83. The minimum Gasteiger partial charge on any atom is -0.377 e. The number of hydrogen-bond acceptors (Lipinski definition) is 5. The lowest BCUT2D eigenvalue weighted by molar-refractivity contribution is -0.203. The van der Waals surface area contributed by atoms with Gasteiger partial charge in [0.2, 0.25) is 0 Å². The summed E-state index contributed by atoms with van der Waals surface area (Å²) in [6.45, 7) is -1.11. The third-order valence-corrected chi connectivity index (χ3v) is 5.32. The second kappa shape index (κ2) is 11.1. The molecular formula is C25H20F7N5O. The summed E-state index contributed by atoms with van der Waals surface area (Å²) in [6.07, 6.45) is -3.76. The van der Waals surface area contributed by atoms with Gasteiger partial charge in [0.1, 0.15) is 23.7 Å². The van der Waals surface area contributed by atoms with E-state index in [0.29, 0.717) is 35.1 Å². The highest BCUT2D eigenvalue weighted by atomic mass is 19.4. The van der Waals surface area contributed by atoms with Crippen molar-refractivity contribution in [3.63, 3.8) is 0 Å². The van der Waals surface area contributed by atoms with Crippen molar-refractivity contribution < 1.29 is 35.8 Å². The first-order valence-corrected chi connectivity index (χ1v) is 10.7. The molecule has 0 amide bonds. The molecular weight excluding hydrogens is 519 g/mol. The molecule has 6 nitrogen and oxygen atoms in total. The maximum Gasteiger partial charge on any atom is 0.393 e. The van der Waals surface area contributed by atoms with E-state index in [-0.39, 0.29) is 11.1 Å². The number of pyridine rings is 1. The summed E-state index contributed by atoms with van der Waals surface area (Å²) < 4.78 is 96.7. The lowest BCUT2D eigenvalue weighted by Crippen LogP contribution is -2.53. The number of aromatic nitrogens is 1. The maximum absolute atomic E-state index is 15.7. The van der Waals surface area contributed by atoms with Crippen LogP contribution in [-0.4, -0.2) is 34.2 Å². The summed E-state index contributed by atoms with van der Waals surface area (Å²) >= 11 is 0. The highest BCUT2D eigenvalue weighted by molar-refractivity contribution is 5.54. The summed E-state index contributed by atoms with van der Waals surface area (Å²) in [4.78, 5) is 3.66. The number of hydrazine groups is 1. The summed E-state index contributed by atoms with van der Waals surface area (Å²) in [5.41, 5.74) is -4.70. The maximum atomic E-state index is 15.7. The Hall–Kier alpha value is -4.15. The molecule has 3 aromatic rings. The van der Waals surface area contributed by atoms with Gasteiger partial charge in [-0.15, -0.1) is 0 Å². The smallest absolute Gasteiger partial charge is 0.377 e. The van der Waals surface area contributed by atoms with Gasteiger partial charge in [0.25, 0.3) is 0 Å². The van der Waals surface area contributed by atoms with Crippen LogP contribution in [-0.2, 0) is 17.9 Å². The van der Waals surface area contributed by atoms with E-state index in [1.807, 2.05) is 0 Å². The standard InChI is InChI=1S/C25H20F7N5O/c26-19-8-9-20(21(27)11-19)23(38,14-37(34)15-36-33)25(31,32)22-10-7-18(13-35-22)6-3-16-1-4-17(5-2-16)12-24(28,29)30/h1-2,4-5,7-11,13,15,38H,12,14,33-34H2/b36-15-. The van der Waals surface area contributed by atoms with Gasteiger partial charge in [0.15, 0.2) is 5.60 Å². The van der Waals surface area contributed by atoms with Gasteiger partial charge in [0.05, 0.1) is 13.0 Å². The summed E-state index contributed by atoms with van der Waals surface area (Å²) in [7, 11) is 0. The van der Waals surface area contributed by atoms with Crippen molar-refractivity contribution >= 4 is 6.34 Å².